The molecule has 2 aromatic carbocycles. The summed E-state index contributed by atoms with van der Waals surface area (Å²) in [7, 11) is 1.66. The van der Waals surface area contributed by atoms with Crippen LogP contribution in [-0.2, 0) is 13.1 Å². The average molecular weight is 296 g/mol. The van der Waals surface area contributed by atoms with Gasteiger partial charge in [-0.2, -0.15) is 0 Å². The zero-order valence-corrected chi connectivity index (χ0v) is 12.1. The first-order valence-electron chi connectivity index (χ1n) is 5.96. The van der Waals surface area contributed by atoms with Gasteiger partial charge in [0.2, 0.25) is 0 Å². The maximum Gasteiger partial charge on any atom is 0.118 e. The quantitative estimate of drug-likeness (QED) is 0.888. The van der Waals surface area contributed by atoms with E-state index in [1.54, 1.807) is 7.11 Å². The molecule has 4 heteroatoms. The van der Waals surface area contributed by atoms with Gasteiger partial charge in [0.25, 0.3) is 0 Å². The molecule has 0 fully saturated rings. The lowest BCUT2D eigenvalue weighted by Crippen LogP contribution is -2.12. The molecule has 2 nitrogen and oxygen atoms in total. The number of ether oxygens (including phenoxy) is 1. The van der Waals surface area contributed by atoms with E-state index < -0.39 is 0 Å². The fourth-order valence-corrected chi connectivity index (χ4v) is 2.06. The molecule has 2 aromatic rings. The Labute approximate surface area is 123 Å². The Hall–Kier alpha value is -1.22. The lowest BCUT2D eigenvalue weighted by Gasteiger charge is -2.07. The van der Waals surface area contributed by atoms with Crippen LogP contribution in [0.5, 0.6) is 5.75 Å². The van der Waals surface area contributed by atoms with Crippen molar-refractivity contribution in [3.05, 3.63) is 63.6 Å². The molecule has 0 saturated carbocycles. The van der Waals surface area contributed by atoms with Crippen molar-refractivity contribution in [2.24, 2.45) is 0 Å². The van der Waals surface area contributed by atoms with Gasteiger partial charge in [0.15, 0.2) is 0 Å². The molecule has 1 N–H and O–H groups in total. The molecule has 0 bridgehead atoms. The highest BCUT2D eigenvalue weighted by atomic mass is 35.5. The minimum Gasteiger partial charge on any atom is -0.497 e. The van der Waals surface area contributed by atoms with E-state index >= 15 is 0 Å². The second kappa shape index (κ2) is 6.80. The lowest BCUT2D eigenvalue weighted by atomic mass is 10.2. The minimum atomic E-state index is 0.584. The summed E-state index contributed by atoms with van der Waals surface area (Å²) in [5.41, 5.74) is 2.32. The summed E-state index contributed by atoms with van der Waals surface area (Å²) in [6.07, 6.45) is 0. The third-order valence-corrected chi connectivity index (χ3v) is 3.54. The molecule has 0 aliphatic heterocycles. The number of hydrogen-bond acceptors (Lipinski definition) is 2. The fraction of sp³-hybridized carbons (Fsp3) is 0.200. The molecule has 0 aliphatic carbocycles. The molecule has 0 aliphatic rings. The maximum atomic E-state index is 5.97. The average Bonchev–Trinajstić information content (AvgIpc) is 2.43. The number of hydrogen-bond donors (Lipinski definition) is 1. The molecule has 2 rings (SSSR count). The zero-order chi connectivity index (χ0) is 13.7. The van der Waals surface area contributed by atoms with E-state index in [1.807, 2.05) is 42.5 Å². The van der Waals surface area contributed by atoms with Crippen molar-refractivity contribution in [1.82, 2.24) is 5.32 Å². The van der Waals surface area contributed by atoms with Crippen LogP contribution in [0.4, 0.5) is 0 Å². The fourth-order valence-electron chi connectivity index (χ4n) is 1.74. The Kier molecular flexibility index (Phi) is 5.08. The molecular weight excluding hydrogens is 281 g/mol. The van der Waals surface area contributed by atoms with Crippen LogP contribution in [0.2, 0.25) is 10.0 Å². The van der Waals surface area contributed by atoms with Crippen LogP contribution < -0.4 is 10.1 Å². The van der Waals surface area contributed by atoms with Crippen molar-refractivity contribution in [2.45, 2.75) is 13.1 Å². The van der Waals surface area contributed by atoms with Gasteiger partial charge in [-0.1, -0.05) is 41.4 Å². The van der Waals surface area contributed by atoms with E-state index in [-0.39, 0.29) is 0 Å². The topological polar surface area (TPSA) is 21.3 Å². The molecule has 0 unspecified atom stereocenters. The number of benzene rings is 2. The van der Waals surface area contributed by atoms with Crippen molar-refractivity contribution >= 4 is 23.2 Å². The molecule has 0 heterocycles. The Morgan fingerprint density at radius 2 is 1.53 bits per heavy atom. The van der Waals surface area contributed by atoms with E-state index in [1.165, 1.54) is 5.56 Å². The summed E-state index contributed by atoms with van der Waals surface area (Å²) in [4.78, 5) is 0. The number of rotatable bonds is 5. The highest BCUT2D eigenvalue weighted by Crippen LogP contribution is 2.22. The SMILES string of the molecule is COc1ccc(CNCc2ccc(Cl)c(Cl)c2)cc1. The molecular formula is C15H15Cl2NO. The standard InChI is InChI=1S/C15H15Cl2NO/c1-19-13-5-2-11(3-6-13)9-18-10-12-4-7-14(16)15(17)8-12/h2-8,18H,9-10H2,1H3. The molecule has 0 spiro atoms. The summed E-state index contributed by atoms with van der Waals surface area (Å²) in [6, 6.07) is 13.7. The normalized spacial score (nSPS) is 10.5. The Morgan fingerprint density at radius 1 is 0.895 bits per heavy atom. The molecule has 100 valence electrons. The van der Waals surface area contributed by atoms with Crippen LogP contribution in [0.25, 0.3) is 0 Å². The van der Waals surface area contributed by atoms with Crippen LogP contribution in [0.15, 0.2) is 42.5 Å². The van der Waals surface area contributed by atoms with Crippen molar-refractivity contribution in [2.75, 3.05) is 7.11 Å². The van der Waals surface area contributed by atoms with Crippen LogP contribution in [0.1, 0.15) is 11.1 Å². The minimum absolute atomic E-state index is 0.584. The van der Waals surface area contributed by atoms with Gasteiger partial charge in [-0.05, 0) is 35.4 Å². The molecule has 0 saturated heterocycles. The highest BCUT2D eigenvalue weighted by molar-refractivity contribution is 6.42. The van der Waals surface area contributed by atoms with Crippen molar-refractivity contribution in [3.63, 3.8) is 0 Å². The van der Waals surface area contributed by atoms with Gasteiger partial charge in [-0.3, -0.25) is 0 Å². The predicted octanol–water partition coefficient (Wildman–Crippen LogP) is 4.29. The highest BCUT2D eigenvalue weighted by Gasteiger charge is 2.00. The summed E-state index contributed by atoms with van der Waals surface area (Å²) in [5.74, 6) is 0.869. The molecule has 0 radical (unpaired) electrons. The van der Waals surface area contributed by atoms with Gasteiger partial charge in [-0.25, -0.2) is 0 Å². The lowest BCUT2D eigenvalue weighted by molar-refractivity contribution is 0.414. The summed E-state index contributed by atoms with van der Waals surface area (Å²) < 4.78 is 5.12. The Balaban J connectivity index is 1.86. The summed E-state index contributed by atoms with van der Waals surface area (Å²) >= 11 is 11.8. The van der Waals surface area contributed by atoms with E-state index in [0.717, 1.165) is 24.4 Å². The van der Waals surface area contributed by atoms with Crippen LogP contribution in [-0.4, -0.2) is 7.11 Å². The first kappa shape index (κ1) is 14.2. The third-order valence-electron chi connectivity index (χ3n) is 2.80. The van der Waals surface area contributed by atoms with E-state index in [2.05, 4.69) is 5.32 Å². The first-order valence-corrected chi connectivity index (χ1v) is 6.72. The molecule has 0 amide bonds. The van der Waals surface area contributed by atoms with Gasteiger partial charge in [0.1, 0.15) is 5.75 Å². The summed E-state index contributed by atoms with van der Waals surface area (Å²) in [5, 5.41) is 4.53. The van der Waals surface area contributed by atoms with Crippen molar-refractivity contribution in [1.29, 1.82) is 0 Å². The third kappa shape index (κ3) is 4.13. The van der Waals surface area contributed by atoms with Gasteiger partial charge >= 0.3 is 0 Å². The van der Waals surface area contributed by atoms with Crippen molar-refractivity contribution in [3.8, 4) is 5.75 Å². The maximum absolute atomic E-state index is 5.97. The van der Waals surface area contributed by atoms with Gasteiger partial charge in [-0.15, -0.1) is 0 Å². The predicted molar refractivity (Wildman–Crippen MR) is 80.0 cm³/mol. The Morgan fingerprint density at radius 3 is 2.16 bits per heavy atom. The van der Waals surface area contributed by atoms with E-state index in [9.17, 15) is 0 Å². The molecule has 19 heavy (non-hydrogen) atoms. The largest absolute Gasteiger partial charge is 0.497 e. The summed E-state index contributed by atoms with van der Waals surface area (Å²) in [6.45, 7) is 1.55. The smallest absolute Gasteiger partial charge is 0.118 e. The first-order chi connectivity index (χ1) is 9.19. The van der Waals surface area contributed by atoms with Gasteiger partial charge in [0.05, 0.1) is 17.2 Å². The Bertz CT molecular complexity index is 540. The van der Waals surface area contributed by atoms with Crippen LogP contribution in [0, 0.1) is 0 Å². The monoisotopic (exact) mass is 295 g/mol. The second-order valence-corrected chi connectivity index (χ2v) is 5.01. The van der Waals surface area contributed by atoms with Crippen LogP contribution >= 0.6 is 23.2 Å². The number of methoxy groups -OCH3 is 1. The van der Waals surface area contributed by atoms with Gasteiger partial charge in [0, 0.05) is 13.1 Å². The second-order valence-electron chi connectivity index (χ2n) is 4.20. The zero-order valence-electron chi connectivity index (χ0n) is 10.6. The van der Waals surface area contributed by atoms with E-state index in [0.29, 0.717) is 10.0 Å². The number of nitrogens with one attached hydrogen (secondary N) is 1. The van der Waals surface area contributed by atoms with Gasteiger partial charge < -0.3 is 10.1 Å². The molecule has 0 atom stereocenters. The van der Waals surface area contributed by atoms with Crippen molar-refractivity contribution < 1.29 is 4.74 Å². The molecule has 0 aromatic heterocycles. The van der Waals surface area contributed by atoms with Crippen LogP contribution in [0.3, 0.4) is 0 Å². The van der Waals surface area contributed by atoms with E-state index in [4.69, 9.17) is 27.9 Å². The number of halogens is 2.